The Morgan fingerprint density at radius 3 is 2.36 bits per heavy atom. The lowest BCUT2D eigenvalue weighted by molar-refractivity contribution is 0.102. The van der Waals surface area contributed by atoms with E-state index in [1.54, 1.807) is 30.3 Å². The number of phenols is 1. The molecular weight excluding hydrogens is 350 g/mol. The number of phenolic OH excluding ortho intramolecular Hbond substituents is 1. The largest absolute Gasteiger partial charge is 0.506 e. The van der Waals surface area contributed by atoms with Crippen molar-refractivity contribution in [3.05, 3.63) is 83.9 Å². The molecule has 0 heterocycles. The summed E-state index contributed by atoms with van der Waals surface area (Å²) < 4.78 is 6.13. The third-order valence-electron chi connectivity index (χ3n) is 4.98. The topological polar surface area (TPSA) is 58.6 Å². The van der Waals surface area contributed by atoms with Crippen LogP contribution in [-0.4, -0.2) is 11.0 Å². The van der Waals surface area contributed by atoms with E-state index >= 15 is 0 Å². The van der Waals surface area contributed by atoms with Gasteiger partial charge in [0, 0.05) is 11.1 Å². The minimum Gasteiger partial charge on any atom is -0.506 e. The highest BCUT2D eigenvalue weighted by molar-refractivity contribution is 6.05. The Morgan fingerprint density at radius 2 is 1.68 bits per heavy atom. The highest BCUT2D eigenvalue weighted by Gasteiger charge is 2.24. The normalized spacial score (nSPS) is 11.1. The first-order valence-electron chi connectivity index (χ1n) is 9.37. The van der Waals surface area contributed by atoms with Crippen LogP contribution >= 0.6 is 0 Å². The maximum atomic E-state index is 12.7. The van der Waals surface area contributed by atoms with E-state index in [0.717, 1.165) is 12.0 Å². The number of anilines is 1. The number of carbonyl (C=O) groups excluding carboxylic acids is 1. The molecule has 0 saturated heterocycles. The van der Waals surface area contributed by atoms with Crippen molar-refractivity contribution in [1.82, 2.24) is 0 Å². The van der Waals surface area contributed by atoms with Crippen LogP contribution in [0.1, 0.15) is 43.1 Å². The summed E-state index contributed by atoms with van der Waals surface area (Å²) in [6, 6.07) is 21.7. The second kappa shape index (κ2) is 8.17. The SMILES string of the molecule is CCC(C)(C)c1ccc(C(=O)Nc2ccccc2O)cc1Oc1ccccc1. The number of hydrogen-bond donors (Lipinski definition) is 2. The number of aromatic hydroxyl groups is 1. The Kier molecular flexibility index (Phi) is 5.69. The molecule has 0 radical (unpaired) electrons. The Hall–Kier alpha value is -3.27. The van der Waals surface area contributed by atoms with Crippen molar-refractivity contribution in [1.29, 1.82) is 0 Å². The van der Waals surface area contributed by atoms with E-state index in [-0.39, 0.29) is 17.1 Å². The fourth-order valence-electron chi connectivity index (χ4n) is 2.89. The molecule has 4 nitrogen and oxygen atoms in total. The minimum absolute atomic E-state index is 0.0281. The maximum absolute atomic E-state index is 12.7. The average Bonchev–Trinajstić information content (AvgIpc) is 2.70. The summed E-state index contributed by atoms with van der Waals surface area (Å²) in [5.41, 5.74) is 1.77. The van der Waals surface area contributed by atoms with Gasteiger partial charge in [-0.2, -0.15) is 0 Å². The summed E-state index contributed by atoms with van der Waals surface area (Å²) in [6.45, 7) is 6.44. The van der Waals surface area contributed by atoms with E-state index < -0.39 is 0 Å². The molecule has 1 amide bonds. The molecule has 0 unspecified atom stereocenters. The van der Waals surface area contributed by atoms with Crippen LogP contribution in [0.4, 0.5) is 5.69 Å². The number of benzene rings is 3. The lowest BCUT2D eigenvalue weighted by atomic mass is 9.81. The molecule has 0 aromatic heterocycles. The molecule has 28 heavy (non-hydrogen) atoms. The van der Waals surface area contributed by atoms with Gasteiger partial charge in [-0.25, -0.2) is 0 Å². The van der Waals surface area contributed by atoms with Crippen molar-refractivity contribution >= 4 is 11.6 Å². The molecule has 144 valence electrons. The van der Waals surface area contributed by atoms with E-state index in [1.165, 1.54) is 6.07 Å². The lowest BCUT2D eigenvalue weighted by Gasteiger charge is -2.26. The third kappa shape index (κ3) is 4.34. The van der Waals surface area contributed by atoms with Crippen LogP contribution in [0.15, 0.2) is 72.8 Å². The molecule has 0 aliphatic carbocycles. The molecule has 0 saturated carbocycles. The predicted molar refractivity (Wildman–Crippen MR) is 112 cm³/mol. The van der Waals surface area contributed by atoms with Crippen LogP contribution in [0.3, 0.4) is 0 Å². The molecule has 3 aromatic rings. The molecule has 3 rings (SSSR count). The van der Waals surface area contributed by atoms with Gasteiger partial charge in [0.2, 0.25) is 0 Å². The number of nitrogens with one attached hydrogen (secondary N) is 1. The van der Waals surface area contributed by atoms with Gasteiger partial charge in [0.25, 0.3) is 5.91 Å². The number of rotatable bonds is 6. The van der Waals surface area contributed by atoms with Gasteiger partial charge in [0.15, 0.2) is 0 Å². The van der Waals surface area contributed by atoms with Crippen molar-refractivity contribution in [2.75, 3.05) is 5.32 Å². The van der Waals surface area contributed by atoms with Crippen LogP contribution in [0.2, 0.25) is 0 Å². The molecule has 0 fully saturated rings. The first-order valence-corrected chi connectivity index (χ1v) is 9.37. The Balaban J connectivity index is 1.96. The van der Waals surface area contributed by atoms with E-state index in [4.69, 9.17) is 4.74 Å². The van der Waals surface area contributed by atoms with Gasteiger partial charge >= 0.3 is 0 Å². The Labute approximate surface area is 165 Å². The van der Waals surface area contributed by atoms with E-state index in [9.17, 15) is 9.90 Å². The number of carbonyl (C=O) groups is 1. The number of ether oxygens (including phenoxy) is 1. The zero-order valence-corrected chi connectivity index (χ0v) is 16.4. The van der Waals surface area contributed by atoms with Gasteiger partial charge in [-0.05, 0) is 48.2 Å². The van der Waals surface area contributed by atoms with Crippen molar-refractivity contribution in [3.8, 4) is 17.2 Å². The van der Waals surface area contributed by atoms with Crippen molar-refractivity contribution < 1.29 is 14.6 Å². The van der Waals surface area contributed by atoms with Crippen LogP contribution < -0.4 is 10.1 Å². The molecule has 0 aliphatic heterocycles. The summed E-state index contributed by atoms with van der Waals surface area (Å²) in [7, 11) is 0. The molecular formula is C24H25NO3. The zero-order valence-electron chi connectivity index (χ0n) is 16.4. The van der Waals surface area contributed by atoms with Crippen LogP contribution in [0.5, 0.6) is 17.2 Å². The van der Waals surface area contributed by atoms with Crippen LogP contribution in [-0.2, 0) is 5.41 Å². The predicted octanol–water partition coefficient (Wildman–Crippen LogP) is 6.12. The number of para-hydroxylation sites is 3. The van der Waals surface area contributed by atoms with E-state index in [2.05, 4.69) is 26.1 Å². The van der Waals surface area contributed by atoms with Crippen molar-refractivity contribution in [3.63, 3.8) is 0 Å². The van der Waals surface area contributed by atoms with E-state index in [0.29, 0.717) is 22.7 Å². The van der Waals surface area contributed by atoms with Gasteiger partial charge in [-0.15, -0.1) is 0 Å². The zero-order chi connectivity index (χ0) is 20.1. The van der Waals surface area contributed by atoms with Crippen molar-refractivity contribution in [2.24, 2.45) is 0 Å². The fraction of sp³-hybridized carbons (Fsp3) is 0.208. The van der Waals surface area contributed by atoms with Gasteiger partial charge in [-0.1, -0.05) is 57.2 Å². The van der Waals surface area contributed by atoms with Gasteiger partial charge < -0.3 is 15.2 Å². The number of hydrogen-bond acceptors (Lipinski definition) is 3. The molecule has 0 spiro atoms. The minimum atomic E-state index is -0.305. The van der Waals surface area contributed by atoms with Gasteiger partial charge in [0.1, 0.15) is 17.2 Å². The third-order valence-corrected chi connectivity index (χ3v) is 4.98. The molecule has 0 aliphatic rings. The summed E-state index contributed by atoms with van der Waals surface area (Å²) in [5.74, 6) is 1.09. The second-order valence-electron chi connectivity index (χ2n) is 7.33. The monoisotopic (exact) mass is 375 g/mol. The fourth-order valence-corrected chi connectivity index (χ4v) is 2.89. The summed E-state index contributed by atoms with van der Waals surface area (Å²) in [6.07, 6.45) is 0.932. The second-order valence-corrected chi connectivity index (χ2v) is 7.33. The summed E-state index contributed by atoms with van der Waals surface area (Å²) in [5, 5.41) is 12.6. The highest BCUT2D eigenvalue weighted by Crippen LogP contribution is 2.37. The standard InChI is InChI=1S/C24H25NO3/c1-4-24(2,3)19-15-14-17(16-22(19)28-18-10-6-5-7-11-18)23(27)25-20-12-8-9-13-21(20)26/h5-16,26H,4H2,1-3H3,(H,25,27). The average molecular weight is 375 g/mol. The van der Waals surface area contributed by atoms with Crippen LogP contribution in [0.25, 0.3) is 0 Å². The van der Waals surface area contributed by atoms with Gasteiger partial charge in [0.05, 0.1) is 5.69 Å². The molecule has 3 aromatic carbocycles. The highest BCUT2D eigenvalue weighted by atomic mass is 16.5. The first kappa shape index (κ1) is 19.5. The summed E-state index contributed by atoms with van der Waals surface area (Å²) >= 11 is 0. The van der Waals surface area contributed by atoms with Crippen LogP contribution in [0, 0.1) is 0 Å². The smallest absolute Gasteiger partial charge is 0.255 e. The first-order chi connectivity index (χ1) is 13.4. The Morgan fingerprint density at radius 1 is 1.00 bits per heavy atom. The lowest BCUT2D eigenvalue weighted by Crippen LogP contribution is -2.18. The molecule has 2 N–H and O–H groups in total. The molecule has 0 bridgehead atoms. The molecule has 0 atom stereocenters. The number of amides is 1. The molecule has 4 heteroatoms. The summed E-state index contributed by atoms with van der Waals surface area (Å²) in [4.78, 5) is 12.7. The van der Waals surface area contributed by atoms with E-state index in [1.807, 2.05) is 36.4 Å². The maximum Gasteiger partial charge on any atom is 0.255 e. The van der Waals surface area contributed by atoms with Crippen molar-refractivity contribution in [2.45, 2.75) is 32.6 Å². The quantitative estimate of drug-likeness (QED) is 0.510. The van der Waals surface area contributed by atoms with Gasteiger partial charge in [-0.3, -0.25) is 4.79 Å². The Bertz CT molecular complexity index is 965.